The Balaban J connectivity index is 4.23. The van der Waals surface area contributed by atoms with Gasteiger partial charge in [0.25, 0.3) is 0 Å². The molecule has 0 aliphatic carbocycles. The molecule has 6 heteroatoms. The highest BCUT2D eigenvalue weighted by Crippen LogP contribution is 2.06. The molecule has 0 aromatic rings. The number of nitrogens with one attached hydrogen (secondary N) is 1. The minimum atomic E-state index is -0.690. The van der Waals surface area contributed by atoms with E-state index in [1.807, 2.05) is 19.9 Å². The van der Waals surface area contributed by atoms with Gasteiger partial charge in [0, 0.05) is 17.7 Å². The molecule has 0 aromatic heterocycles. The molecule has 0 heterocycles. The number of hydrogen-bond acceptors (Lipinski definition) is 4. The smallest absolute Gasteiger partial charge is 0.224 e. The number of ether oxygens (including phenoxy) is 1. The zero-order valence-corrected chi connectivity index (χ0v) is 9.95. The standard InChI is InChI=1S/C9H17ClN2O3/c1-4-5-7(2)11-9(15-3)8(10)6-12(13)14/h5,8-9,11H,4,6H2,1-3H3/b7-5+. The summed E-state index contributed by atoms with van der Waals surface area (Å²) in [6.45, 7) is 3.54. The second-order valence-electron chi connectivity index (χ2n) is 3.13. The van der Waals surface area contributed by atoms with E-state index < -0.39 is 16.5 Å². The number of alkyl halides is 1. The monoisotopic (exact) mass is 236 g/mol. The van der Waals surface area contributed by atoms with Crippen molar-refractivity contribution in [3.63, 3.8) is 0 Å². The highest BCUT2D eigenvalue weighted by molar-refractivity contribution is 6.21. The molecule has 1 N–H and O–H groups in total. The average Bonchev–Trinajstić information content (AvgIpc) is 2.13. The van der Waals surface area contributed by atoms with E-state index >= 15 is 0 Å². The summed E-state index contributed by atoms with van der Waals surface area (Å²) in [6, 6.07) is 0. The molecule has 5 nitrogen and oxygen atoms in total. The molecule has 0 bridgehead atoms. The van der Waals surface area contributed by atoms with Crippen LogP contribution in [0.25, 0.3) is 0 Å². The van der Waals surface area contributed by atoms with Gasteiger partial charge >= 0.3 is 0 Å². The van der Waals surface area contributed by atoms with Crippen LogP contribution in [0.4, 0.5) is 0 Å². The molecule has 0 rings (SSSR count). The summed E-state index contributed by atoms with van der Waals surface area (Å²) in [6.07, 6.45) is 2.30. The molecule has 0 aromatic carbocycles. The summed E-state index contributed by atoms with van der Waals surface area (Å²) in [5.41, 5.74) is 0.901. The molecule has 0 aliphatic rings. The topological polar surface area (TPSA) is 64.4 Å². The first kappa shape index (κ1) is 14.2. The highest BCUT2D eigenvalue weighted by Gasteiger charge is 2.23. The first-order chi connectivity index (χ1) is 7.01. The van der Waals surface area contributed by atoms with Crippen LogP contribution in [0.1, 0.15) is 20.3 Å². The number of methoxy groups -OCH3 is 1. The van der Waals surface area contributed by atoms with Crippen molar-refractivity contribution in [2.24, 2.45) is 0 Å². The molecule has 0 saturated heterocycles. The fourth-order valence-corrected chi connectivity index (χ4v) is 1.40. The molecule has 15 heavy (non-hydrogen) atoms. The maximum absolute atomic E-state index is 10.3. The second-order valence-corrected chi connectivity index (χ2v) is 3.69. The number of nitro groups is 1. The van der Waals surface area contributed by atoms with E-state index in [0.29, 0.717) is 0 Å². The van der Waals surface area contributed by atoms with Gasteiger partial charge in [0.15, 0.2) is 0 Å². The van der Waals surface area contributed by atoms with Crippen molar-refractivity contribution in [1.82, 2.24) is 5.32 Å². The van der Waals surface area contributed by atoms with Crippen molar-refractivity contribution in [2.45, 2.75) is 31.9 Å². The Bertz CT molecular complexity index is 233. The first-order valence-corrected chi connectivity index (χ1v) is 5.16. The van der Waals surface area contributed by atoms with Gasteiger partial charge in [0.1, 0.15) is 11.6 Å². The summed E-state index contributed by atoms with van der Waals surface area (Å²) in [5.74, 6) is 0. The molecule has 0 spiro atoms. The van der Waals surface area contributed by atoms with Gasteiger partial charge in [-0.2, -0.15) is 0 Å². The molecule has 0 fully saturated rings. The van der Waals surface area contributed by atoms with E-state index in [0.717, 1.165) is 12.1 Å². The number of nitrogens with zero attached hydrogens (tertiary/aromatic N) is 1. The predicted octanol–water partition coefficient (Wildman–Crippen LogP) is 1.75. The molecule has 88 valence electrons. The molecular weight excluding hydrogens is 220 g/mol. The van der Waals surface area contributed by atoms with Crippen LogP contribution in [0.5, 0.6) is 0 Å². The lowest BCUT2D eigenvalue weighted by Crippen LogP contribution is -2.40. The highest BCUT2D eigenvalue weighted by atomic mass is 35.5. The third-order valence-corrected chi connectivity index (χ3v) is 2.15. The molecule has 2 unspecified atom stereocenters. The van der Waals surface area contributed by atoms with Crippen LogP contribution in [-0.4, -0.2) is 30.2 Å². The largest absolute Gasteiger partial charge is 0.363 e. The molecule has 0 radical (unpaired) electrons. The van der Waals surface area contributed by atoms with Gasteiger partial charge in [-0.15, -0.1) is 11.6 Å². The third-order valence-electron chi connectivity index (χ3n) is 1.79. The van der Waals surface area contributed by atoms with Gasteiger partial charge in [0.2, 0.25) is 6.54 Å². The summed E-state index contributed by atoms with van der Waals surface area (Å²) in [7, 11) is 1.46. The summed E-state index contributed by atoms with van der Waals surface area (Å²) in [5, 5.41) is 12.6. The summed E-state index contributed by atoms with van der Waals surface area (Å²) < 4.78 is 5.04. The van der Waals surface area contributed by atoms with Gasteiger partial charge in [-0.1, -0.05) is 13.0 Å². The molecular formula is C9H17ClN2O3. The van der Waals surface area contributed by atoms with E-state index in [2.05, 4.69) is 5.32 Å². The Hall–Kier alpha value is -0.810. The minimum absolute atomic E-state index is 0.327. The van der Waals surface area contributed by atoms with Crippen LogP contribution in [0, 0.1) is 10.1 Å². The van der Waals surface area contributed by atoms with Crippen molar-refractivity contribution in [1.29, 1.82) is 0 Å². The molecule has 0 saturated carbocycles. The van der Waals surface area contributed by atoms with Crippen LogP contribution in [0.2, 0.25) is 0 Å². The van der Waals surface area contributed by atoms with Crippen LogP contribution in [-0.2, 0) is 4.74 Å². The number of halogens is 1. The van der Waals surface area contributed by atoms with Crippen molar-refractivity contribution in [3.8, 4) is 0 Å². The Morgan fingerprint density at radius 3 is 2.73 bits per heavy atom. The minimum Gasteiger partial charge on any atom is -0.363 e. The van der Waals surface area contributed by atoms with E-state index in [-0.39, 0.29) is 6.54 Å². The van der Waals surface area contributed by atoms with Crippen molar-refractivity contribution >= 4 is 11.6 Å². The van der Waals surface area contributed by atoms with Gasteiger partial charge in [-0.3, -0.25) is 10.1 Å². The lowest BCUT2D eigenvalue weighted by Gasteiger charge is -2.21. The summed E-state index contributed by atoms with van der Waals surface area (Å²) >= 11 is 5.83. The fourth-order valence-electron chi connectivity index (χ4n) is 1.12. The number of rotatable bonds is 7. The van der Waals surface area contributed by atoms with Crippen molar-refractivity contribution < 1.29 is 9.66 Å². The second kappa shape index (κ2) is 7.48. The van der Waals surface area contributed by atoms with Crippen molar-refractivity contribution in [2.75, 3.05) is 13.7 Å². The van der Waals surface area contributed by atoms with Crippen molar-refractivity contribution in [3.05, 3.63) is 21.9 Å². The van der Waals surface area contributed by atoms with Crippen LogP contribution in [0.3, 0.4) is 0 Å². The van der Waals surface area contributed by atoms with Crippen LogP contribution in [0.15, 0.2) is 11.8 Å². The Kier molecular flexibility index (Phi) is 7.07. The Morgan fingerprint density at radius 1 is 1.73 bits per heavy atom. The third kappa shape index (κ3) is 6.30. The maximum Gasteiger partial charge on any atom is 0.224 e. The number of allylic oxidation sites excluding steroid dienone is 2. The average molecular weight is 237 g/mol. The van der Waals surface area contributed by atoms with E-state index in [9.17, 15) is 10.1 Å². The molecule has 2 atom stereocenters. The fraction of sp³-hybridized carbons (Fsp3) is 0.778. The van der Waals surface area contributed by atoms with Gasteiger partial charge < -0.3 is 10.1 Å². The zero-order chi connectivity index (χ0) is 11.8. The maximum atomic E-state index is 10.3. The van der Waals surface area contributed by atoms with E-state index in [1.54, 1.807) is 0 Å². The quantitative estimate of drug-likeness (QED) is 0.317. The molecule has 0 aliphatic heterocycles. The Labute approximate surface area is 94.6 Å². The van der Waals surface area contributed by atoms with Crippen LogP contribution < -0.4 is 5.32 Å². The normalized spacial score (nSPS) is 15.9. The predicted molar refractivity (Wildman–Crippen MR) is 59.5 cm³/mol. The van der Waals surface area contributed by atoms with Gasteiger partial charge in [-0.05, 0) is 13.3 Å². The van der Waals surface area contributed by atoms with Crippen LogP contribution >= 0.6 is 11.6 Å². The van der Waals surface area contributed by atoms with E-state index in [4.69, 9.17) is 16.3 Å². The Morgan fingerprint density at radius 2 is 2.33 bits per heavy atom. The molecule has 0 amide bonds. The van der Waals surface area contributed by atoms with E-state index in [1.165, 1.54) is 7.11 Å². The zero-order valence-electron chi connectivity index (χ0n) is 9.20. The van der Waals surface area contributed by atoms with Gasteiger partial charge in [-0.25, -0.2) is 0 Å². The first-order valence-electron chi connectivity index (χ1n) is 4.73. The summed E-state index contributed by atoms with van der Waals surface area (Å²) in [4.78, 5) is 9.81. The lowest BCUT2D eigenvalue weighted by atomic mass is 10.3. The number of hydrogen-bond donors (Lipinski definition) is 1. The van der Waals surface area contributed by atoms with Gasteiger partial charge in [0.05, 0.1) is 0 Å². The SMILES string of the molecule is CC/C=C(\C)NC(OC)C(Cl)C[N+](=O)[O-]. The lowest BCUT2D eigenvalue weighted by molar-refractivity contribution is -0.481.